The van der Waals surface area contributed by atoms with Crippen LogP contribution in [0.2, 0.25) is 0 Å². The number of rotatable bonds is 13. The zero-order chi connectivity index (χ0) is 15.3. The maximum atomic E-state index is 9.82. The molecule has 124 valence electrons. The second-order valence-corrected chi connectivity index (χ2v) is 13.9. The lowest BCUT2D eigenvalue weighted by Gasteiger charge is -2.16. The normalized spacial score (nSPS) is 13.7. The van der Waals surface area contributed by atoms with E-state index in [1.165, 1.54) is 57.8 Å². The van der Waals surface area contributed by atoms with Crippen LogP contribution in [-0.2, 0) is 10.1 Å². The van der Waals surface area contributed by atoms with Crippen LogP contribution in [0.1, 0.15) is 84.5 Å². The molecule has 0 rings (SSSR count). The highest BCUT2D eigenvalue weighted by Gasteiger charge is 2.10. The van der Waals surface area contributed by atoms with E-state index < -0.39 is 5.69 Å². The first kappa shape index (κ1) is 21.0. The van der Waals surface area contributed by atoms with Gasteiger partial charge in [-0.3, -0.25) is 0 Å². The maximum absolute atomic E-state index is 9.82. The molecule has 0 aromatic rings. The lowest BCUT2D eigenvalue weighted by molar-refractivity contribution is 0.502. The SMILES string of the molecule is CCCCCCCCCCS(CCCCC)=P(O)(O)S. The van der Waals surface area contributed by atoms with Crippen LogP contribution < -0.4 is 0 Å². The summed E-state index contributed by atoms with van der Waals surface area (Å²) in [5.74, 6) is 1.91. The minimum Gasteiger partial charge on any atom is -0.341 e. The molecule has 5 heteroatoms. The van der Waals surface area contributed by atoms with Crippen LogP contribution in [0.4, 0.5) is 0 Å². The first-order chi connectivity index (χ1) is 9.52. The van der Waals surface area contributed by atoms with Crippen molar-refractivity contribution in [2.75, 3.05) is 11.5 Å². The van der Waals surface area contributed by atoms with Gasteiger partial charge >= 0.3 is 0 Å². The molecule has 2 N–H and O–H groups in total. The molecule has 1 unspecified atom stereocenters. The van der Waals surface area contributed by atoms with Gasteiger partial charge in [0.05, 0.1) is 0 Å². The Hall–Kier alpha value is 1.05. The molecular formula is C15H35O2PS2. The molecule has 0 aliphatic carbocycles. The highest BCUT2D eigenvalue weighted by Crippen LogP contribution is 2.47. The average Bonchev–Trinajstić information content (AvgIpc) is 2.38. The predicted molar refractivity (Wildman–Crippen MR) is 99.6 cm³/mol. The summed E-state index contributed by atoms with van der Waals surface area (Å²) in [6.45, 7) is 4.42. The van der Waals surface area contributed by atoms with Gasteiger partial charge in [0, 0.05) is 0 Å². The fraction of sp³-hybridized carbons (Fsp3) is 1.00. The lowest BCUT2D eigenvalue weighted by atomic mass is 10.1. The second-order valence-electron chi connectivity index (χ2n) is 5.57. The third kappa shape index (κ3) is 12.8. The Morgan fingerprint density at radius 2 is 1.05 bits per heavy atom. The maximum Gasteiger partial charge on any atom is 0.198 e. The van der Waals surface area contributed by atoms with Crippen LogP contribution in [-0.4, -0.2) is 21.3 Å². The van der Waals surface area contributed by atoms with E-state index >= 15 is 0 Å². The number of hydrogen-bond acceptors (Lipinski definition) is 0. The molecule has 20 heavy (non-hydrogen) atoms. The van der Waals surface area contributed by atoms with Crippen LogP contribution in [0.3, 0.4) is 0 Å². The van der Waals surface area contributed by atoms with Gasteiger partial charge in [-0.05, 0) is 24.3 Å². The first-order valence-corrected chi connectivity index (χ1v) is 13.3. The van der Waals surface area contributed by atoms with E-state index in [9.17, 15) is 9.79 Å². The van der Waals surface area contributed by atoms with Gasteiger partial charge in [0.25, 0.3) is 0 Å². The largest absolute Gasteiger partial charge is 0.341 e. The summed E-state index contributed by atoms with van der Waals surface area (Å²) >= 11 is 4.07. The molecule has 0 radical (unpaired) electrons. The molecule has 1 atom stereocenters. The summed E-state index contributed by atoms with van der Waals surface area (Å²) in [6, 6.07) is 0. The van der Waals surface area contributed by atoms with Crippen molar-refractivity contribution in [1.82, 2.24) is 0 Å². The summed E-state index contributed by atoms with van der Waals surface area (Å²) < 4.78 is 0. The van der Waals surface area contributed by atoms with E-state index in [2.05, 4.69) is 26.1 Å². The van der Waals surface area contributed by atoms with Gasteiger partial charge in [-0.15, -0.1) is 10.1 Å². The Bertz CT molecular complexity index is 269. The summed E-state index contributed by atoms with van der Waals surface area (Å²) in [6.07, 6.45) is 13.9. The Labute approximate surface area is 134 Å². The topological polar surface area (TPSA) is 40.5 Å². The molecular weight excluding hydrogens is 307 g/mol. The smallest absolute Gasteiger partial charge is 0.198 e. The summed E-state index contributed by atoms with van der Waals surface area (Å²) in [5.41, 5.74) is -2.91. The molecule has 0 amide bonds. The lowest BCUT2D eigenvalue weighted by Crippen LogP contribution is -2.04. The van der Waals surface area contributed by atoms with Crippen LogP contribution in [0, 0.1) is 0 Å². The third-order valence-corrected chi connectivity index (χ3v) is 11.0. The van der Waals surface area contributed by atoms with Crippen LogP contribution >= 0.6 is 17.9 Å². The van der Waals surface area contributed by atoms with Gasteiger partial charge < -0.3 is 9.79 Å². The van der Waals surface area contributed by atoms with Gasteiger partial charge in [0.1, 0.15) is 0 Å². The van der Waals surface area contributed by atoms with Crippen molar-refractivity contribution in [2.24, 2.45) is 0 Å². The van der Waals surface area contributed by atoms with E-state index in [4.69, 9.17) is 0 Å². The third-order valence-electron chi connectivity index (χ3n) is 3.56. The van der Waals surface area contributed by atoms with Crippen LogP contribution in [0.15, 0.2) is 0 Å². The van der Waals surface area contributed by atoms with E-state index in [-0.39, 0.29) is 10.1 Å². The molecule has 0 aliphatic rings. The number of hydrogen-bond donors (Lipinski definition) is 3. The minimum atomic E-state index is -2.91. The average molecular weight is 343 g/mol. The van der Waals surface area contributed by atoms with E-state index in [1.807, 2.05) is 0 Å². The highest BCUT2D eigenvalue weighted by atomic mass is 32.9. The van der Waals surface area contributed by atoms with Crippen molar-refractivity contribution in [3.8, 4) is 0 Å². The molecule has 0 spiro atoms. The first-order valence-electron chi connectivity index (χ1n) is 8.27. The standard InChI is InChI=1S/C15H35O2PS2/c1-3-5-7-8-9-10-11-13-15-20(18(16,17)19)14-12-6-4-2/h16-17,19H,3-15H2,1-2H3. The van der Waals surface area contributed by atoms with Crippen molar-refractivity contribution >= 4 is 28.0 Å². The summed E-state index contributed by atoms with van der Waals surface area (Å²) in [5, 5.41) is 0. The van der Waals surface area contributed by atoms with Crippen molar-refractivity contribution in [3.63, 3.8) is 0 Å². The minimum absolute atomic E-state index is 0.267. The van der Waals surface area contributed by atoms with E-state index in [1.54, 1.807) is 0 Å². The fourth-order valence-electron chi connectivity index (χ4n) is 2.27. The molecule has 0 bridgehead atoms. The van der Waals surface area contributed by atoms with Crippen LogP contribution in [0.25, 0.3) is 0 Å². The predicted octanol–water partition coefficient (Wildman–Crippen LogP) is 5.53. The zero-order valence-corrected chi connectivity index (χ0v) is 16.0. The molecule has 0 aromatic carbocycles. The Balaban J connectivity index is 3.76. The van der Waals surface area contributed by atoms with Gasteiger partial charge in [-0.25, -0.2) is 0 Å². The second kappa shape index (κ2) is 13.7. The van der Waals surface area contributed by atoms with Crippen molar-refractivity contribution in [1.29, 1.82) is 0 Å². The summed E-state index contributed by atoms with van der Waals surface area (Å²) in [4.78, 5) is 19.6. The zero-order valence-electron chi connectivity index (χ0n) is 13.4. The van der Waals surface area contributed by atoms with Crippen LogP contribution in [0.5, 0.6) is 0 Å². The van der Waals surface area contributed by atoms with Gasteiger partial charge in [0.2, 0.25) is 0 Å². The number of unbranched alkanes of at least 4 members (excludes halogenated alkanes) is 9. The van der Waals surface area contributed by atoms with Crippen molar-refractivity contribution in [2.45, 2.75) is 84.5 Å². The Morgan fingerprint density at radius 1 is 0.700 bits per heavy atom. The molecule has 0 aliphatic heterocycles. The molecule has 0 saturated heterocycles. The van der Waals surface area contributed by atoms with Gasteiger partial charge in [-0.1, -0.05) is 83.9 Å². The van der Waals surface area contributed by atoms with Gasteiger partial charge in [-0.2, -0.15) is 0 Å². The van der Waals surface area contributed by atoms with Gasteiger partial charge in [0.15, 0.2) is 5.69 Å². The quantitative estimate of drug-likeness (QED) is 0.234. The van der Waals surface area contributed by atoms with Crippen molar-refractivity contribution in [3.05, 3.63) is 0 Å². The fourth-order valence-corrected chi connectivity index (χ4v) is 7.75. The molecule has 0 aromatic heterocycles. The monoisotopic (exact) mass is 342 g/mol. The molecule has 2 nitrogen and oxygen atoms in total. The summed E-state index contributed by atoms with van der Waals surface area (Å²) in [7, 11) is -0.267. The Morgan fingerprint density at radius 3 is 1.50 bits per heavy atom. The Kier molecular flexibility index (Phi) is 14.4. The van der Waals surface area contributed by atoms with E-state index in [0.29, 0.717) is 0 Å². The number of thiol groups is 1. The molecule has 0 heterocycles. The van der Waals surface area contributed by atoms with E-state index in [0.717, 1.165) is 24.3 Å². The highest BCUT2D eigenvalue weighted by molar-refractivity contribution is 8.65. The molecule has 0 saturated carbocycles. The molecule has 0 fully saturated rings. The van der Waals surface area contributed by atoms with Crippen molar-refractivity contribution < 1.29 is 9.79 Å².